The number of halogens is 2. The fraction of sp³-hybridized carbons (Fsp3) is 0.111. The van der Waals surface area contributed by atoms with Gasteiger partial charge in [-0.25, -0.2) is 9.89 Å². The Morgan fingerprint density at radius 3 is 2.62 bits per heavy atom. The van der Waals surface area contributed by atoms with Crippen LogP contribution in [-0.4, -0.2) is 35.0 Å². The molecule has 4 rings (SSSR count). The molecule has 1 aromatic heterocycles. The molecule has 0 atom stereocenters. The molecule has 0 spiro atoms. The normalized spacial score (nSPS) is 13.9. The van der Waals surface area contributed by atoms with Crippen LogP contribution in [0.2, 0.25) is 0 Å². The molecule has 0 radical (unpaired) electrons. The number of carbonyl (C=O) groups is 2. The molecule has 2 aromatic carbocycles. The fourth-order valence-electron chi connectivity index (χ4n) is 2.69. The van der Waals surface area contributed by atoms with Crippen molar-refractivity contribution in [3.05, 3.63) is 58.5 Å². The minimum Gasteiger partial charge on any atom is -0.451 e. The lowest BCUT2D eigenvalue weighted by Gasteiger charge is -2.08. The number of rotatable bonds is 4. The molecule has 11 heteroatoms. The van der Waals surface area contributed by atoms with E-state index in [1.807, 2.05) is 0 Å². The van der Waals surface area contributed by atoms with Gasteiger partial charge >= 0.3 is 12.3 Å². The van der Waals surface area contributed by atoms with E-state index in [0.717, 1.165) is 6.07 Å². The zero-order chi connectivity index (χ0) is 20.6. The van der Waals surface area contributed by atoms with E-state index < -0.39 is 30.3 Å². The Bertz CT molecular complexity index is 1190. The molecule has 2 heterocycles. The van der Waals surface area contributed by atoms with Gasteiger partial charge in [-0.3, -0.25) is 9.59 Å². The van der Waals surface area contributed by atoms with Gasteiger partial charge in [-0.15, -0.1) is 8.78 Å². The van der Waals surface area contributed by atoms with Crippen LogP contribution >= 0.6 is 0 Å². The molecule has 0 bridgehead atoms. The van der Waals surface area contributed by atoms with E-state index in [9.17, 15) is 23.2 Å². The molecule has 0 saturated heterocycles. The number of amides is 1. The summed E-state index contributed by atoms with van der Waals surface area (Å²) in [4.78, 5) is 36.0. The molecule has 1 aliphatic heterocycles. The Hall–Kier alpha value is -4.02. The van der Waals surface area contributed by atoms with Crippen molar-refractivity contribution in [2.75, 3.05) is 11.9 Å². The van der Waals surface area contributed by atoms with E-state index in [-0.39, 0.29) is 33.7 Å². The molecular formula is C18H11F2N3O6. The largest absolute Gasteiger partial charge is 0.586 e. The van der Waals surface area contributed by atoms with E-state index in [0.29, 0.717) is 0 Å². The van der Waals surface area contributed by atoms with E-state index in [1.165, 1.54) is 24.3 Å². The summed E-state index contributed by atoms with van der Waals surface area (Å²) in [6.45, 7) is -0.668. The van der Waals surface area contributed by atoms with Gasteiger partial charge in [-0.2, -0.15) is 5.10 Å². The Balaban J connectivity index is 1.42. The first kappa shape index (κ1) is 18.3. The highest BCUT2D eigenvalue weighted by Gasteiger charge is 2.43. The van der Waals surface area contributed by atoms with Crippen molar-refractivity contribution in [3.8, 4) is 11.5 Å². The zero-order valence-electron chi connectivity index (χ0n) is 14.4. The Labute approximate surface area is 160 Å². The van der Waals surface area contributed by atoms with Gasteiger partial charge in [0.25, 0.3) is 11.5 Å². The second kappa shape index (κ2) is 6.86. The first-order valence-corrected chi connectivity index (χ1v) is 8.17. The smallest absolute Gasteiger partial charge is 0.451 e. The van der Waals surface area contributed by atoms with Crippen LogP contribution < -0.4 is 20.3 Å². The van der Waals surface area contributed by atoms with Crippen molar-refractivity contribution in [1.29, 1.82) is 0 Å². The topological polar surface area (TPSA) is 120 Å². The van der Waals surface area contributed by atoms with Gasteiger partial charge in [0, 0.05) is 17.1 Å². The first-order valence-electron chi connectivity index (χ1n) is 8.17. The molecule has 29 heavy (non-hydrogen) atoms. The lowest BCUT2D eigenvalue weighted by atomic mass is 10.1. The van der Waals surface area contributed by atoms with Crippen LogP contribution in [-0.2, 0) is 9.53 Å². The fourth-order valence-corrected chi connectivity index (χ4v) is 2.69. The SMILES string of the molecule is O=C(COC(=O)c1n[nH]c(=O)c2ccccc12)Nc1ccc2c(c1)OC(F)(F)O2. The summed E-state index contributed by atoms with van der Waals surface area (Å²) in [6, 6.07) is 9.96. The van der Waals surface area contributed by atoms with Gasteiger partial charge in [-0.05, 0) is 18.2 Å². The van der Waals surface area contributed by atoms with Crippen LogP contribution in [0.15, 0.2) is 47.3 Å². The average molecular weight is 403 g/mol. The second-order valence-corrected chi connectivity index (χ2v) is 5.90. The van der Waals surface area contributed by atoms with E-state index in [4.69, 9.17) is 4.74 Å². The highest BCUT2D eigenvalue weighted by molar-refractivity contribution is 6.03. The van der Waals surface area contributed by atoms with Crippen LogP contribution in [0.25, 0.3) is 10.8 Å². The highest BCUT2D eigenvalue weighted by Crippen LogP contribution is 2.42. The highest BCUT2D eigenvalue weighted by atomic mass is 19.3. The molecule has 1 amide bonds. The molecule has 0 unspecified atom stereocenters. The van der Waals surface area contributed by atoms with Gasteiger partial charge in [-0.1, -0.05) is 18.2 Å². The number of ether oxygens (including phenoxy) is 3. The molecule has 0 saturated carbocycles. The molecule has 3 aromatic rings. The summed E-state index contributed by atoms with van der Waals surface area (Å²) in [6.07, 6.45) is -3.77. The Morgan fingerprint density at radius 2 is 1.83 bits per heavy atom. The molecule has 0 aliphatic carbocycles. The monoisotopic (exact) mass is 403 g/mol. The van der Waals surface area contributed by atoms with Crippen molar-refractivity contribution >= 4 is 28.3 Å². The van der Waals surface area contributed by atoms with Gasteiger partial charge in [0.05, 0.1) is 5.39 Å². The van der Waals surface area contributed by atoms with E-state index >= 15 is 0 Å². The number of esters is 1. The van der Waals surface area contributed by atoms with Crippen LogP contribution in [0.4, 0.5) is 14.5 Å². The minimum atomic E-state index is -3.77. The summed E-state index contributed by atoms with van der Waals surface area (Å²) >= 11 is 0. The molecule has 0 fully saturated rings. The lowest BCUT2D eigenvalue weighted by Crippen LogP contribution is -2.25. The molecular weight excluding hydrogens is 392 g/mol. The number of aromatic amines is 1. The number of benzene rings is 2. The van der Waals surface area contributed by atoms with Crippen molar-refractivity contribution in [2.45, 2.75) is 6.29 Å². The predicted molar refractivity (Wildman–Crippen MR) is 93.9 cm³/mol. The maximum atomic E-state index is 13.0. The van der Waals surface area contributed by atoms with Crippen molar-refractivity contribution in [1.82, 2.24) is 10.2 Å². The number of hydrogen-bond donors (Lipinski definition) is 2. The summed E-state index contributed by atoms with van der Waals surface area (Å²) in [5.41, 5.74) is -0.486. The summed E-state index contributed by atoms with van der Waals surface area (Å²) in [5.74, 6) is -2.06. The summed E-state index contributed by atoms with van der Waals surface area (Å²) in [5, 5.41) is 8.76. The Kier molecular flexibility index (Phi) is 4.34. The number of alkyl halides is 2. The number of fused-ring (bicyclic) bond motifs is 2. The number of aromatic nitrogens is 2. The number of carbonyl (C=O) groups excluding carboxylic acids is 2. The van der Waals surface area contributed by atoms with E-state index in [2.05, 4.69) is 25.0 Å². The number of anilines is 1. The third kappa shape index (κ3) is 3.70. The maximum absolute atomic E-state index is 13.0. The predicted octanol–water partition coefficient (Wildman–Crippen LogP) is 2.04. The van der Waals surface area contributed by atoms with Crippen molar-refractivity contribution < 1.29 is 32.6 Å². The quantitative estimate of drug-likeness (QED) is 0.640. The average Bonchev–Trinajstić information content (AvgIpc) is 3.00. The standard InChI is InChI=1S/C18H11F2N3O6/c19-18(20)28-12-6-5-9(7-13(12)29-18)21-14(24)8-27-17(26)15-10-3-1-2-4-11(10)16(25)23-22-15/h1-7H,8H2,(H,21,24)(H,23,25). The number of nitrogens with one attached hydrogen (secondary N) is 2. The number of nitrogens with zero attached hydrogens (tertiary/aromatic N) is 1. The van der Waals surface area contributed by atoms with Crippen LogP contribution in [0, 0.1) is 0 Å². The van der Waals surface area contributed by atoms with Gasteiger partial charge in [0.1, 0.15) is 0 Å². The van der Waals surface area contributed by atoms with Crippen LogP contribution in [0.5, 0.6) is 11.5 Å². The number of hydrogen-bond acceptors (Lipinski definition) is 7. The first-order chi connectivity index (χ1) is 13.8. The molecule has 2 N–H and O–H groups in total. The van der Waals surface area contributed by atoms with E-state index in [1.54, 1.807) is 12.1 Å². The Morgan fingerprint density at radius 1 is 1.10 bits per heavy atom. The van der Waals surface area contributed by atoms with Crippen LogP contribution in [0.1, 0.15) is 10.5 Å². The molecule has 1 aliphatic rings. The maximum Gasteiger partial charge on any atom is 0.586 e. The number of H-pyrrole nitrogens is 1. The molecule has 9 nitrogen and oxygen atoms in total. The van der Waals surface area contributed by atoms with Crippen LogP contribution in [0.3, 0.4) is 0 Å². The third-order valence-corrected chi connectivity index (χ3v) is 3.91. The summed E-state index contributed by atoms with van der Waals surface area (Å²) in [7, 11) is 0. The van der Waals surface area contributed by atoms with Crippen molar-refractivity contribution in [3.63, 3.8) is 0 Å². The second-order valence-electron chi connectivity index (χ2n) is 5.90. The van der Waals surface area contributed by atoms with Gasteiger partial charge < -0.3 is 19.5 Å². The van der Waals surface area contributed by atoms with Gasteiger partial charge in [0.2, 0.25) is 0 Å². The summed E-state index contributed by atoms with van der Waals surface area (Å²) < 4.78 is 39.5. The third-order valence-electron chi connectivity index (χ3n) is 3.91. The van der Waals surface area contributed by atoms with Crippen molar-refractivity contribution in [2.24, 2.45) is 0 Å². The van der Waals surface area contributed by atoms with Gasteiger partial charge in [0.15, 0.2) is 23.8 Å². The minimum absolute atomic E-state index is 0.138. The zero-order valence-corrected chi connectivity index (χ0v) is 14.4. The molecule has 148 valence electrons. The lowest BCUT2D eigenvalue weighted by molar-refractivity contribution is -0.286.